The lowest BCUT2D eigenvalue weighted by Gasteiger charge is -2.05. The normalized spacial score (nSPS) is 12.0. The Morgan fingerprint density at radius 1 is 1.15 bits per heavy atom. The van der Waals surface area contributed by atoms with Gasteiger partial charge in [-0.05, 0) is 49.7 Å². The average Bonchev–Trinajstić information content (AvgIpc) is 3.08. The van der Waals surface area contributed by atoms with E-state index in [1.54, 1.807) is 0 Å². The van der Waals surface area contributed by atoms with Gasteiger partial charge in [0.05, 0.1) is 17.4 Å². The van der Waals surface area contributed by atoms with Crippen LogP contribution in [0.5, 0.6) is 0 Å². The van der Waals surface area contributed by atoms with Crippen LogP contribution in [-0.4, -0.2) is 31.9 Å². The van der Waals surface area contributed by atoms with Crippen molar-refractivity contribution in [3.63, 3.8) is 0 Å². The van der Waals surface area contributed by atoms with E-state index in [0.717, 1.165) is 40.1 Å². The molecule has 0 aliphatic carbocycles. The highest BCUT2D eigenvalue weighted by atomic mass is 16.6. The number of fused-ring (bicyclic) bond motifs is 2. The zero-order chi connectivity index (χ0) is 17.9. The van der Waals surface area contributed by atoms with Crippen molar-refractivity contribution in [3.05, 3.63) is 71.8 Å². The monoisotopic (exact) mass is 345 g/mol. The lowest BCUT2D eigenvalue weighted by atomic mass is 10.1. The molecule has 0 amide bonds. The van der Waals surface area contributed by atoms with Gasteiger partial charge in [0.2, 0.25) is 0 Å². The molecule has 0 saturated carbocycles. The molecular weight excluding hydrogens is 326 g/mol. The number of benzene rings is 1. The molecule has 3 aromatic heterocycles. The van der Waals surface area contributed by atoms with Crippen molar-refractivity contribution < 1.29 is 4.84 Å². The van der Waals surface area contributed by atoms with E-state index in [0.29, 0.717) is 6.61 Å². The predicted octanol–water partition coefficient (Wildman–Crippen LogP) is 3.63. The Balaban J connectivity index is 1.69. The minimum absolute atomic E-state index is 0.534. The molecule has 6 nitrogen and oxygen atoms in total. The number of aromatic nitrogens is 4. The summed E-state index contributed by atoms with van der Waals surface area (Å²) in [6.45, 7) is 4.32. The molecule has 0 saturated heterocycles. The van der Waals surface area contributed by atoms with E-state index >= 15 is 0 Å². The third-order valence-electron chi connectivity index (χ3n) is 4.19. The van der Waals surface area contributed by atoms with E-state index in [1.807, 2.05) is 55.0 Å². The van der Waals surface area contributed by atoms with Gasteiger partial charge in [0.15, 0.2) is 5.65 Å². The zero-order valence-corrected chi connectivity index (χ0v) is 14.8. The Labute approximate surface area is 151 Å². The van der Waals surface area contributed by atoms with Gasteiger partial charge in [0.25, 0.3) is 0 Å². The van der Waals surface area contributed by atoms with Gasteiger partial charge >= 0.3 is 0 Å². The van der Waals surface area contributed by atoms with Crippen molar-refractivity contribution in [1.29, 1.82) is 0 Å². The van der Waals surface area contributed by atoms with E-state index in [1.165, 1.54) is 5.56 Å². The second-order valence-electron chi connectivity index (χ2n) is 6.04. The van der Waals surface area contributed by atoms with Gasteiger partial charge in [0.1, 0.15) is 18.0 Å². The summed E-state index contributed by atoms with van der Waals surface area (Å²) < 4.78 is 1.87. The van der Waals surface area contributed by atoms with Crippen LogP contribution in [0.3, 0.4) is 0 Å². The van der Waals surface area contributed by atoms with E-state index in [-0.39, 0.29) is 0 Å². The number of imidazole rings is 1. The summed E-state index contributed by atoms with van der Waals surface area (Å²) in [5.74, 6) is 0. The summed E-state index contributed by atoms with van der Waals surface area (Å²) >= 11 is 0. The molecule has 0 N–H and O–H groups in total. The standard InChI is InChI=1S/C20H19N5O/c1-3-26-24-14(2)18-8-9-20-22-13-17(25(20)23-18)12-15-6-7-19-16(11-15)5-4-10-21-19/h4-11,13H,3,12H2,1-2H3. The van der Waals surface area contributed by atoms with Crippen molar-refractivity contribution >= 4 is 22.3 Å². The molecule has 0 aliphatic rings. The van der Waals surface area contributed by atoms with Crippen molar-refractivity contribution in [3.8, 4) is 0 Å². The lowest BCUT2D eigenvalue weighted by Crippen LogP contribution is -2.06. The van der Waals surface area contributed by atoms with Crippen LogP contribution < -0.4 is 0 Å². The minimum atomic E-state index is 0.534. The van der Waals surface area contributed by atoms with E-state index in [4.69, 9.17) is 4.84 Å². The average molecular weight is 345 g/mol. The number of pyridine rings is 1. The number of oxime groups is 1. The molecule has 0 atom stereocenters. The summed E-state index contributed by atoms with van der Waals surface area (Å²) in [4.78, 5) is 14.0. The maximum absolute atomic E-state index is 5.13. The number of rotatable bonds is 5. The van der Waals surface area contributed by atoms with Crippen molar-refractivity contribution in [1.82, 2.24) is 19.6 Å². The molecule has 0 bridgehead atoms. The van der Waals surface area contributed by atoms with Crippen LogP contribution in [-0.2, 0) is 11.3 Å². The van der Waals surface area contributed by atoms with Gasteiger partial charge < -0.3 is 4.84 Å². The van der Waals surface area contributed by atoms with Crippen LogP contribution in [0.15, 0.2) is 60.0 Å². The quantitative estimate of drug-likeness (QED) is 0.409. The fourth-order valence-electron chi connectivity index (χ4n) is 2.89. The van der Waals surface area contributed by atoms with E-state index in [9.17, 15) is 0 Å². The van der Waals surface area contributed by atoms with Crippen molar-refractivity contribution in [2.24, 2.45) is 5.16 Å². The highest BCUT2D eigenvalue weighted by molar-refractivity contribution is 5.96. The van der Waals surface area contributed by atoms with Crippen LogP contribution in [0, 0.1) is 0 Å². The van der Waals surface area contributed by atoms with E-state index in [2.05, 4.69) is 38.4 Å². The first-order chi connectivity index (χ1) is 12.7. The van der Waals surface area contributed by atoms with Crippen LogP contribution in [0.2, 0.25) is 0 Å². The van der Waals surface area contributed by atoms with E-state index < -0.39 is 0 Å². The van der Waals surface area contributed by atoms with Gasteiger partial charge in [-0.15, -0.1) is 0 Å². The van der Waals surface area contributed by atoms with Crippen molar-refractivity contribution in [2.75, 3.05) is 6.61 Å². The fourth-order valence-corrected chi connectivity index (χ4v) is 2.89. The SMILES string of the molecule is CCON=C(C)c1ccc2ncc(Cc3ccc4ncccc4c3)n2n1. The first-order valence-corrected chi connectivity index (χ1v) is 8.59. The topological polar surface area (TPSA) is 64.7 Å². The Morgan fingerprint density at radius 3 is 2.96 bits per heavy atom. The molecule has 6 heteroatoms. The summed E-state index contributed by atoms with van der Waals surface area (Å²) in [6.07, 6.45) is 4.42. The van der Waals surface area contributed by atoms with Crippen LogP contribution in [0.25, 0.3) is 16.6 Å². The first-order valence-electron chi connectivity index (χ1n) is 8.59. The Morgan fingerprint density at radius 2 is 2.08 bits per heavy atom. The lowest BCUT2D eigenvalue weighted by molar-refractivity contribution is 0.159. The maximum Gasteiger partial charge on any atom is 0.153 e. The highest BCUT2D eigenvalue weighted by Crippen LogP contribution is 2.17. The molecule has 0 radical (unpaired) electrons. The molecule has 26 heavy (non-hydrogen) atoms. The molecule has 0 fully saturated rings. The third kappa shape index (κ3) is 3.13. The molecule has 0 spiro atoms. The third-order valence-corrected chi connectivity index (χ3v) is 4.19. The second-order valence-corrected chi connectivity index (χ2v) is 6.04. The summed E-state index contributed by atoms with van der Waals surface area (Å²) in [5, 5.41) is 9.87. The molecule has 3 heterocycles. The first kappa shape index (κ1) is 16.2. The van der Waals surface area contributed by atoms with Crippen LogP contribution in [0.1, 0.15) is 30.8 Å². The molecule has 4 aromatic rings. The Kier molecular flexibility index (Phi) is 4.31. The summed E-state index contributed by atoms with van der Waals surface area (Å²) in [5.41, 5.74) is 5.54. The largest absolute Gasteiger partial charge is 0.396 e. The summed E-state index contributed by atoms with van der Waals surface area (Å²) in [6, 6.07) is 14.2. The number of hydrogen-bond acceptors (Lipinski definition) is 5. The van der Waals surface area contributed by atoms with Gasteiger partial charge in [-0.2, -0.15) is 5.10 Å². The fraction of sp³-hybridized carbons (Fsp3) is 0.200. The molecule has 0 unspecified atom stereocenters. The van der Waals surface area contributed by atoms with Gasteiger partial charge in [-0.3, -0.25) is 4.98 Å². The van der Waals surface area contributed by atoms with Gasteiger partial charge in [-0.25, -0.2) is 9.50 Å². The van der Waals surface area contributed by atoms with Crippen LogP contribution in [0.4, 0.5) is 0 Å². The minimum Gasteiger partial charge on any atom is -0.396 e. The molecule has 4 rings (SSSR count). The van der Waals surface area contributed by atoms with Crippen LogP contribution >= 0.6 is 0 Å². The maximum atomic E-state index is 5.13. The van der Waals surface area contributed by atoms with Gasteiger partial charge in [-0.1, -0.05) is 17.3 Å². The predicted molar refractivity (Wildman–Crippen MR) is 101 cm³/mol. The second kappa shape index (κ2) is 6.92. The van der Waals surface area contributed by atoms with Gasteiger partial charge in [0, 0.05) is 18.0 Å². The zero-order valence-electron chi connectivity index (χ0n) is 14.8. The molecule has 1 aromatic carbocycles. The molecular formula is C20H19N5O. The number of hydrogen-bond donors (Lipinski definition) is 0. The molecule has 130 valence electrons. The Bertz CT molecular complexity index is 1100. The number of nitrogens with zero attached hydrogens (tertiary/aromatic N) is 5. The molecule has 0 aliphatic heterocycles. The highest BCUT2D eigenvalue weighted by Gasteiger charge is 2.09. The smallest absolute Gasteiger partial charge is 0.153 e. The Hall–Kier alpha value is -3.28. The van der Waals surface area contributed by atoms with Crippen molar-refractivity contribution in [2.45, 2.75) is 20.3 Å². The summed E-state index contributed by atoms with van der Waals surface area (Å²) in [7, 11) is 0.